The molecule has 134 valence electrons. The van der Waals surface area contributed by atoms with Crippen molar-refractivity contribution in [2.75, 3.05) is 0 Å². The van der Waals surface area contributed by atoms with Crippen molar-refractivity contribution in [3.63, 3.8) is 0 Å². The zero-order valence-electron chi connectivity index (χ0n) is 15.5. The molecule has 0 spiro atoms. The summed E-state index contributed by atoms with van der Waals surface area (Å²) < 4.78 is 2.52. The van der Waals surface area contributed by atoms with Gasteiger partial charge in [-0.25, -0.2) is 0 Å². The number of aromatic nitrogens is 2. The topological polar surface area (TPSA) is 17.8 Å². The van der Waals surface area contributed by atoms with Crippen LogP contribution < -0.4 is 0 Å². The summed E-state index contributed by atoms with van der Waals surface area (Å²) in [5, 5.41) is 5.08. The number of hydrogen-bond acceptors (Lipinski definition) is 1. The second kappa shape index (κ2) is 4.54. The highest BCUT2D eigenvalue weighted by Gasteiger charge is 2.54. The van der Waals surface area contributed by atoms with Gasteiger partial charge in [0.1, 0.15) is 0 Å². The lowest BCUT2D eigenvalue weighted by molar-refractivity contribution is -0.0496. The van der Waals surface area contributed by atoms with Crippen LogP contribution in [0.3, 0.4) is 0 Å². The molecule has 8 fully saturated rings. The first kappa shape index (κ1) is 14.3. The summed E-state index contributed by atoms with van der Waals surface area (Å²) in [7, 11) is 0. The number of rotatable bonds is 2. The lowest BCUT2D eigenvalue weighted by atomic mass is 9.48. The fourth-order valence-electron chi connectivity index (χ4n) is 9.67. The number of hydrogen-bond donors (Lipinski definition) is 0. The van der Waals surface area contributed by atoms with E-state index in [1.807, 2.05) is 0 Å². The van der Waals surface area contributed by atoms with Crippen molar-refractivity contribution in [3.05, 3.63) is 18.0 Å². The SMILES string of the molecule is c1nn(C23CC4CC(CC(C4)C2)C3)cc1C12CC3CC(CC(C3)C1)C2. The molecular weight excluding hydrogens is 304 g/mol. The lowest BCUT2D eigenvalue weighted by Gasteiger charge is -2.57. The molecule has 25 heavy (non-hydrogen) atoms. The van der Waals surface area contributed by atoms with Crippen LogP contribution in [0.1, 0.15) is 82.6 Å². The third kappa shape index (κ3) is 1.90. The van der Waals surface area contributed by atoms with Crippen LogP contribution in [0, 0.1) is 35.5 Å². The minimum Gasteiger partial charge on any atom is -0.266 e. The lowest BCUT2D eigenvalue weighted by Crippen LogP contribution is -2.52. The number of nitrogens with zero attached hydrogens (tertiary/aromatic N) is 2. The average Bonchev–Trinajstić information content (AvgIpc) is 3.04. The zero-order valence-corrected chi connectivity index (χ0v) is 15.5. The predicted molar refractivity (Wildman–Crippen MR) is 98.2 cm³/mol. The molecule has 0 aromatic carbocycles. The molecule has 0 atom stereocenters. The molecule has 1 heterocycles. The molecule has 8 aliphatic carbocycles. The van der Waals surface area contributed by atoms with Crippen molar-refractivity contribution in [3.8, 4) is 0 Å². The van der Waals surface area contributed by atoms with Gasteiger partial charge in [-0.1, -0.05) is 0 Å². The Morgan fingerprint density at radius 2 is 1.12 bits per heavy atom. The highest BCUT2D eigenvalue weighted by atomic mass is 15.3. The van der Waals surface area contributed by atoms with Crippen molar-refractivity contribution >= 4 is 0 Å². The van der Waals surface area contributed by atoms with Crippen molar-refractivity contribution in [1.82, 2.24) is 9.78 Å². The van der Waals surface area contributed by atoms with E-state index in [9.17, 15) is 0 Å². The molecule has 2 nitrogen and oxygen atoms in total. The second-order valence-corrected chi connectivity index (χ2v) is 11.5. The fraction of sp³-hybridized carbons (Fsp3) is 0.870. The maximum Gasteiger partial charge on any atom is 0.0635 e. The van der Waals surface area contributed by atoms with Crippen molar-refractivity contribution in [2.24, 2.45) is 35.5 Å². The van der Waals surface area contributed by atoms with Gasteiger partial charge in [0.15, 0.2) is 0 Å². The highest BCUT2D eigenvalue weighted by Crippen LogP contribution is 2.62. The Hall–Kier alpha value is -0.790. The minimum absolute atomic E-state index is 0.412. The normalized spacial score (nSPS) is 55.2. The van der Waals surface area contributed by atoms with Crippen molar-refractivity contribution in [2.45, 2.75) is 88.0 Å². The van der Waals surface area contributed by atoms with Crippen LogP contribution in [0.5, 0.6) is 0 Å². The van der Waals surface area contributed by atoms with E-state index in [2.05, 4.69) is 17.1 Å². The maximum absolute atomic E-state index is 5.08. The van der Waals surface area contributed by atoms with E-state index in [4.69, 9.17) is 5.10 Å². The minimum atomic E-state index is 0.412. The first-order valence-corrected chi connectivity index (χ1v) is 11.2. The molecule has 2 heteroatoms. The van der Waals surface area contributed by atoms with Gasteiger partial charge in [0.25, 0.3) is 0 Å². The highest BCUT2D eigenvalue weighted by molar-refractivity contribution is 5.26. The van der Waals surface area contributed by atoms with Gasteiger partial charge in [0.2, 0.25) is 0 Å². The standard InChI is InChI=1S/C23H32N2/c1-15-2-17-3-16(1)8-22(7-15,9-17)21-13-24-25(14-21)23-10-18-4-19(11-23)6-20(5-18)12-23/h13-20H,1-12H2. The van der Waals surface area contributed by atoms with E-state index in [0.717, 1.165) is 35.5 Å². The van der Waals surface area contributed by atoms with Gasteiger partial charge >= 0.3 is 0 Å². The fourth-order valence-corrected chi connectivity index (χ4v) is 9.67. The van der Waals surface area contributed by atoms with Crippen LogP contribution in [-0.2, 0) is 11.0 Å². The molecule has 9 rings (SSSR count). The smallest absolute Gasteiger partial charge is 0.0635 e. The molecule has 8 aliphatic rings. The summed E-state index contributed by atoms with van der Waals surface area (Å²) in [6, 6.07) is 0. The van der Waals surface area contributed by atoms with Gasteiger partial charge in [-0.05, 0) is 124 Å². The average molecular weight is 337 g/mol. The summed E-state index contributed by atoms with van der Waals surface area (Å²) in [6.07, 6.45) is 22.8. The summed E-state index contributed by atoms with van der Waals surface area (Å²) in [4.78, 5) is 0. The Morgan fingerprint density at radius 1 is 0.680 bits per heavy atom. The van der Waals surface area contributed by atoms with Crippen LogP contribution in [0.2, 0.25) is 0 Å². The molecule has 0 unspecified atom stereocenters. The van der Waals surface area contributed by atoms with Gasteiger partial charge < -0.3 is 0 Å². The van der Waals surface area contributed by atoms with Gasteiger partial charge in [-0.2, -0.15) is 5.10 Å². The molecule has 0 N–H and O–H groups in total. The molecule has 0 radical (unpaired) electrons. The Bertz CT molecular complexity index is 584. The van der Waals surface area contributed by atoms with Crippen molar-refractivity contribution in [1.29, 1.82) is 0 Å². The van der Waals surface area contributed by atoms with Gasteiger partial charge in [-0.15, -0.1) is 0 Å². The van der Waals surface area contributed by atoms with Crippen LogP contribution in [0.15, 0.2) is 12.4 Å². The zero-order chi connectivity index (χ0) is 16.2. The largest absolute Gasteiger partial charge is 0.266 e. The van der Waals surface area contributed by atoms with E-state index in [-0.39, 0.29) is 0 Å². The first-order valence-electron chi connectivity index (χ1n) is 11.2. The first-order chi connectivity index (χ1) is 12.2. The van der Waals surface area contributed by atoms with Crippen LogP contribution >= 0.6 is 0 Å². The predicted octanol–water partition coefficient (Wildman–Crippen LogP) is 5.28. The Morgan fingerprint density at radius 3 is 1.60 bits per heavy atom. The van der Waals surface area contributed by atoms with Crippen molar-refractivity contribution < 1.29 is 0 Å². The molecule has 0 saturated heterocycles. The molecule has 0 amide bonds. The van der Waals surface area contributed by atoms with E-state index < -0.39 is 0 Å². The van der Waals surface area contributed by atoms with E-state index in [1.165, 1.54) is 57.8 Å². The molecule has 0 aliphatic heterocycles. The van der Waals surface area contributed by atoms with E-state index in [0.29, 0.717) is 11.0 Å². The Labute approximate surface area is 151 Å². The van der Waals surface area contributed by atoms with E-state index in [1.54, 1.807) is 24.8 Å². The summed E-state index contributed by atoms with van der Waals surface area (Å²) in [5.41, 5.74) is 2.58. The quantitative estimate of drug-likeness (QED) is 0.719. The van der Waals surface area contributed by atoms with E-state index >= 15 is 0 Å². The third-order valence-electron chi connectivity index (χ3n) is 9.73. The van der Waals surface area contributed by atoms with Crippen LogP contribution in [0.4, 0.5) is 0 Å². The Balaban J connectivity index is 1.25. The van der Waals surface area contributed by atoms with Gasteiger partial charge in [0.05, 0.1) is 11.7 Å². The molecular formula is C23H32N2. The van der Waals surface area contributed by atoms with Crippen LogP contribution in [0.25, 0.3) is 0 Å². The molecule has 8 bridgehead atoms. The Kier molecular flexibility index (Phi) is 2.60. The summed E-state index contributed by atoms with van der Waals surface area (Å²) >= 11 is 0. The monoisotopic (exact) mass is 336 g/mol. The third-order valence-corrected chi connectivity index (χ3v) is 9.73. The second-order valence-electron chi connectivity index (χ2n) is 11.5. The molecule has 1 aromatic heterocycles. The van der Waals surface area contributed by atoms with Crippen LogP contribution in [-0.4, -0.2) is 9.78 Å². The summed E-state index contributed by atoms with van der Waals surface area (Å²) in [5.74, 6) is 6.15. The van der Waals surface area contributed by atoms with Gasteiger partial charge in [-0.3, -0.25) is 4.68 Å². The molecule has 8 saturated carbocycles. The molecule has 1 aromatic rings. The van der Waals surface area contributed by atoms with Gasteiger partial charge in [0, 0.05) is 6.20 Å². The summed E-state index contributed by atoms with van der Waals surface area (Å²) in [6.45, 7) is 0. The maximum atomic E-state index is 5.08.